The van der Waals surface area contributed by atoms with Gasteiger partial charge in [0.15, 0.2) is 0 Å². The van der Waals surface area contributed by atoms with Crippen molar-refractivity contribution in [2.75, 3.05) is 26.7 Å². The lowest BCUT2D eigenvalue weighted by Gasteiger charge is -2.29. The summed E-state index contributed by atoms with van der Waals surface area (Å²) in [5.41, 5.74) is 5.09. The van der Waals surface area contributed by atoms with Crippen LogP contribution in [0.4, 0.5) is 0 Å². The number of hydrogen-bond acceptors (Lipinski definition) is 5. The quantitative estimate of drug-likeness (QED) is 0.895. The highest BCUT2D eigenvalue weighted by molar-refractivity contribution is 5.36. The largest absolute Gasteiger partial charge is 0.376 e. The van der Waals surface area contributed by atoms with E-state index in [9.17, 15) is 0 Å². The third-order valence-corrected chi connectivity index (χ3v) is 5.33. The lowest BCUT2D eigenvalue weighted by atomic mass is 9.97. The molecular weight excluding hydrogens is 314 g/mol. The Kier molecular flexibility index (Phi) is 5.10. The zero-order valence-electron chi connectivity index (χ0n) is 14.9. The molecule has 25 heavy (non-hydrogen) atoms. The fourth-order valence-corrected chi connectivity index (χ4v) is 3.78. The molecule has 1 aromatic heterocycles. The van der Waals surface area contributed by atoms with Crippen molar-refractivity contribution >= 4 is 0 Å². The van der Waals surface area contributed by atoms with Crippen molar-refractivity contribution in [1.29, 1.82) is 0 Å². The SMILES string of the molecule is CN1CCC(NCc2cn(Cc3cccc4c3CCOC4)nn2)CC1. The molecule has 0 bridgehead atoms. The molecule has 2 aliphatic rings. The molecule has 1 saturated heterocycles. The third kappa shape index (κ3) is 4.08. The van der Waals surface area contributed by atoms with Gasteiger partial charge in [-0.3, -0.25) is 0 Å². The summed E-state index contributed by atoms with van der Waals surface area (Å²) in [6.45, 7) is 5.47. The van der Waals surface area contributed by atoms with Crippen LogP contribution in [-0.2, 0) is 30.9 Å². The standard InChI is InChI=1S/C19H27N5O/c1-23-8-5-17(6-9-23)20-11-18-13-24(22-21-18)12-15-3-2-4-16-14-25-10-7-19(15)16/h2-4,13,17,20H,5-12,14H2,1H3. The molecular formula is C19H27N5O. The molecule has 0 atom stereocenters. The molecule has 0 aliphatic carbocycles. The fourth-order valence-electron chi connectivity index (χ4n) is 3.78. The van der Waals surface area contributed by atoms with Gasteiger partial charge in [0.05, 0.1) is 31.6 Å². The van der Waals surface area contributed by atoms with Crippen molar-refractivity contribution < 1.29 is 4.74 Å². The average molecular weight is 341 g/mol. The summed E-state index contributed by atoms with van der Waals surface area (Å²) in [5, 5.41) is 12.3. The number of benzene rings is 1. The molecule has 3 heterocycles. The number of nitrogens with zero attached hydrogens (tertiary/aromatic N) is 4. The number of rotatable bonds is 5. The summed E-state index contributed by atoms with van der Waals surface area (Å²) < 4.78 is 7.51. The molecule has 0 spiro atoms. The highest BCUT2D eigenvalue weighted by Crippen LogP contribution is 2.21. The molecule has 2 aromatic rings. The van der Waals surface area contributed by atoms with Gasteiger partial charge in [0.2, 0.25) is 0 Å². The first kappa shape index (κ1) is 16.7. The van der Waals surface area contributed by atoms with Gasteiger partial charge in [0.25, 0.3) is 0 Å². The van der Waals surface area contributed by atoms with Gasteiger partial charge in [-0.1, -0.05) is 23.4 Å². The number of piperidine rings is 1. The van der Waals surface area contributed by atoms with Crippen molar-refractivity contribution in [3.63, 3.8) is 0 Å². The molecule has 134 valence electrons. The molecule has 4 rings (SSSR count). The summed E-state index contributed by atoms with van der Waals surface area (Å²) in [4.78, 5) is 2.39. The van der Waals surface area contributed by atoms with Gasteiger partial charge in [-0.15, -0.1) is 5.10 Å². The van der Waals surface area contributed by atoms with E-state index in [1.165, 1.54) is 42.6 Å². The predicted molar refractivity (Wildman–Crippen MR) is 96.3 cm³/mol. The Morgan fingerprint density at radius 3 is 3.04 bits per heavy atom. The second-order valence-electron chi connectivity index (χ2n) is 7.22. The van der Waals surface area contributed by atoms with Gasteiger partial charge in [-0.05, 0) is 56.1 Å². The topological polar surface area (TPSA) is 55.2 Å². The Hall–Kier alpha value is -1.76. The van der Waals surface area contributed by atoms with Crippen LogP contribution in [0.1, 0.15) is 35.2 Å². The van der Waals surface area contributed by atoms with Crippen molar-refractivity contribution in [2.45, 2.75) is 45.0 Å². The lowest BCUT2D eigenvalue weighted by Crippen LogP contribution is -2.40. The summed E-state index contributed by atoms with van der Waals surface area (Å²) in [5.74, 6) is 0. The molecule has 1 N–H and O–H groups in total. The summed E-state index contributed by atoms with van der Waals surface area (Å²) in [6.07, 6.45) is 5.48. The van der Waals surface area contributed by atoms with Gasteiger partial charge in [0.1, 0.15) is 0 Å². The van der Waals surface area contributed by atoms with Gasteiger partial charge >= 0.3 is 0 Å². The van der Waals surface area contributed by atoms with Gasteiger partial charge in [0, 0.05) is 12.6 Å². The highest BCUT2D eigenvalue weighted by Gasteiger charge is 2.17. The van der Waals surface area contributed by atoms with E-state index >= 15 is 0 Å². The van der Waals surface area contributed by atoms with Crippen molar-refractivity contribution in [1.82, 2.24) is 25.2 Å². The Labute approximate surface area is 149 Å². The van der Waals surface area contributed by atoms with Crippen LogP contribution in [0.25, 0.3) is 0 Å². The zero-order chi connectivity index (χ0) is 17.1. The van der Waals surface area contributed by atoms with Crippen LogP contribution in [0, 0.1) is 0 Å². The predicted octanol–water partition coefficient (Wildman–Crippen LogP) is 1.58. The van der Waals surface area contributed by atoms with Crippen molar-refractivity contribution in [2.24, 2.45) is 0 Å². The molecule has 6 heteroatoms. The summed E-state index contributed by atoms with van der Waals surface area (Å²) in [7, 11) is 2.19. The maximum absolute atomic E-state index is 5.56. The molecule has 0 amide bonds. The van der Waals surface area contributed by atoms with E-state index in [1.54, 1.807) is 0 Å². The van der Waals surface area contributed by atoms with Crippen LogP contribution < -0.4 is 5.32 Å². The smallest absolute Gasteiger partial charge is 0.0965 e. The van der Waals surface area contributed by atoms with Crippen molar-refractivity contribution in [3.8, 4) is 0 Å². The van der Waals surface area contributed by atoms with Crippen LogP contribution in [0.15, 0.2) is 24.4 Å². The number of fused-ring (bicyclic) bond motifs is 1. The minimum Gasteiger partial charge on any atom is -0.376 e. The second-order valence-corrected chi connectivity index (χ2v) is 7.22. The van der Waals surface area contributed by atoms with Crippen LogP contribution in [0.2, 0.25) is 0 Å². The van der Waals surface area contributed by atoms with Crippen LogP contribution >= 0.6 is 0 Å². The maximum Gasteiger partial charge on any atom is 0.0965 e. The fraction of sp³-hybridized carbons (Fsp3) is 0.579. The summed E-state index contributed by atoms with van der Waals surface area (Å²) >= 11 is 0. The maximum atomic E-state index is 5.56. The van der Waals surface area contributed by atoms with E-state index in [1.807, 2.05) is 4.68 Å². The van der Waals surface area contributed by atoms with Gasteiger partial charge in [-0.25, -0.2) is 4.68 Å². The Morgan fingerprint density at radius 1 is 1.28 bits per heavy atom. The molecule has 0 unspecified atom stereocenters. The number of hydrogen-bond donors (Lipinski definition) is 1. The van der Waals surface area contributed by atoms with Gasteiger partial charge < -0.3 is 15.0 Å². The Morgan fingerprint density at radius 2 is 2.16 bits per heavy atom. The van der Waals surface area contributed by atoms with E-state index in [-0.39, 0.29) is 0 Å². The number of likely N-dealkylation sites (tertiary alicyclic amines) is 1. The van der Waals surface area contributed by atoms with Crippen molar-refractivity contribution in [3.05, 3.63) is 46.8 Å². The molecule has 6 nitrogen and oxygen atoms in total. The van der Waals surface area contributed by atoms with E-state index in [4.69, 9.17) is 4.74 Å². The molecule has 1 aromatic carbocycles. The minimum atomic E-state index is 0.600. The number of aromatic nitrogens is 3. The van der Waals surface area contributed by atoms with Crippen LogP contribution in [0.3, 0.4) is 0 Å². The highest BCUT2D eigenvalue weighted by atomic mass is 16.5. The average Bonchev–Trinajstić information content (AvgIpc) is 3.09. The van der Waals surface area contributed by atoms with Gasteiger partial charge in [-0.2, -0.15) is 0 Å². The summed E-state index contributed by atoms with van der Waals surface area (Å²) in [6, 6.07) is 7.07. The Bertz CT molecular complexity index is 706. The van der Waals surface area contributed by atoms with Crippen LogP contribution in [0.5, 0.6) is 0 Å². The molecule has 0 radical (unpaired) electrons. The minimum absolute atomic E-state index is 0.600. The first-order valence-corrected chi connectivity index (χ1v) is 9.26. The third-order valence-electron chi connectivity index (χ3n) is 5.33. The normalized spacial score (nSPS) is 19.1. The first-order valence-electron chi connectivity index (χ1n) is 9.26. The molecule has 2 aliphatic heterocycles. The monoisotopic (exact) mass is 341 g/mol. The van der Waals surface area contributed by atoms with E-state index in [0.29, 0.717) is 6.04 Å². The van der Waals surface area contributed by atoms with E-state index in [2.05, 4.69) is 52.0 Å². The van der Waals surface area contributed by atoms with Crippen LogP contribution in [-0.4, -0.2) is 52.7 Å². The van der Waals surface area contributed by atoms with E-state index in [0.717, 1.165) is 38.4 Å². The first-order chi connectivity index (χ1) is 12.3. The lowest BCUT2D eigenvalue weighted by molar-refractivity contribution is 0.110. The zero-order valence-corrected chi connectivity index (χ0v) is 14.9. The number of nitrogens with one attached hydrogen (secondary N) is 1. The molecule has 0 saturated carbocycles. The molecule has 1 fully saturated rings. The number of ether oxygens (including phenoxy) is 1. The van der Waals surface area contributed by atoms with E-state index < -0.39 is 0 Å². The Balaban J connectivity index is 1.36. The second kappa shape index (κ2) is 7.64.